The largest absolute Gasteiger partial charge is 0.383 e. The van der Waals surface area contributed by atoms with E-state index in [0.717, 1.165) is 84.4 Å². The van der Waals surface area contributed by atoms with Gasteiger partial charge in [-0.2, -0.15) is 0 Å². The van der Waals surface area contributed by atoms with Gasteiger partial charge in [0, 0.05) is 60.0 Å². The molecule has 8 heteroatoms. The fourth-order valence-corrected chi connectivity index (χ4v) is 4.32. The van der Waals surface area contributed by atoms with Gasteiger partial charge in [-0.1, -0.05) is 0 Å². The van der Waals surface area contributed by atoms with Gasteiger partial charge in [0.05, 0.1) is 6.61 Å². The van der Waals surface area contributed by atoms with Gasteiger partial charge in [-0.25, -0.2) is 0 Å². The quantitative estimate of drug-likeness (QED) is 0.513. The fraction of sp³-hybridized carbons (Fsp3) is 0.900. The molecule has 3 heterocycles. The number of carbonyl (C=O) groups is 1. The molecule has 3 saturated heterocycles. The average Bonchev–Trinajstić information content (AvgIpc) is 3.28. The SMILES string of the molecule is CN=C(NCC1CCN(CCOC)CC1)N1CCN(C(=O)C2CCCO2)CC1. The van der Waals surface area contributed by atoms with Crippen molar-refractivity contribution in [2.75, 3.05) is 79.7 Å². The van der Waals surface area contributed by atoms with Crippen molar-refractivity contribution in [1.29, 1.82) is 0 Å². The molecule has 0 bridgehead atoms. The van der Waals surface area contributed by atoms with Gasteiger partial charge in [-0.3, -0.25) is 9.79 Å². The first-order valence-electron chi connectivity index (χ1n) is 10.8. The predicted octanol–water partition coefficient (Wildman–Crippen LogP) is 0.243. The maximum atomic E-state index is 12.5. The second kappa shape index (κ2) is 11.0. The topological polar surface area (TPSA) is 69.6 Å². The molecule has 1 unspecified atom stereocenters. The molecule has 1 amide bonds. The summed E-state index contributed by atoms with van der Waals surface area (Å²) in [5.74, 6) is 1.82. The van der Waals surface area contributed by atoms with Gasteiger partial charge in [-0.15, -0.1) is 0 Å². The highest BCUT2D eigenvalue weighted by Gasteiger charge is 2.31. The Hall–Kier alpha value is -1.38. The molecule has 0 aromatic carbocycles. The van der Waals surface area contributed by atoms with E-state index >= 15 is 0 Å². The van der Waals surface area contributed by atoms with E-state index in [9.17, 15) is 4.79 Å². The third-order valence-electron chi connectivity index (χ3n) is 6.18. The smallest absolute Gasteiger partial charge is 0.251 e. The zero-order valence-corrected chi connectivity index (χ0v) is 17.6. The molecule has 8 nitrogen and oxygen atoms in total. The number of aliphatic imine (C=N–C) groups is 1. The monoisotopic (exact) mass is 395 g/mol. The highest BCUT2D eigenvalue weighted by Crippen LogP contribution is 2.17. The van der Waals surface area contributed by atoms with E-state index in [4.69, 9.17) is 9.47 Å². The Morgan fingerprint density at radius 3 is 2.43 bits per heavy atom. The zero-order valence-electron chi connectivity index (χ0n) is 17.6. The molecule has 0 aromatic heterocycles. The van der Waals surface area contributed by atoms with Crippen LogP contribution in [-0.4, -0.2) is 112 Å². The first-order valence-corrected chi connectivity index (χ1v) is 10.8. The van der Waals surface area contributed by atoms with E-state index in [1.807, 2.05) is 11.9 Å². The van der Waals surface area contributed by atoms with Crippen LogP contribution in [0.4, 0.5) is 0 Å². The third kappa shape index (κ3) is 5.81. The summed E-state index contributed by atoms with van der Waals surface area (Å²) >= 11 is 0. The number of ether oxygens (including phenoxy) is 2. The summed E-state index contributed by atoms with van der Waals surface area (Å²) in [5, 5.41) is 3.57. The molecule has 3 aliphatic heterocycles. The molecule has 3 aliphatic rings. The van der Waals surface area contributed by atoms with Gasteiger partial charge in [0.25, 0.3) is 5.91 Å². The number of piperidine rings is 1. The number of carbonyl (C=O) groups excluding carboxylic acids is 1. The number of nitrogens with zero attached hydrogens (tertiary/aromatic N) is 4. The van der Waals surface area contributed by atoms with Crippen molar-refractivity contribution < 1.29 is 14.3 Å². The molecular formula is C20H37N5O3. The lowest BCUT2D eigenvalue weighted by atomic mass is 9.97. The second-order valence-corrected chi connectivity index (χ2v) is 8.02. The minimum Gasteiger partial charge on any atom is -0.383 e. The van der Waals surface area contributed by atoms with E-state index in [1.165, 1.54) is 12.8 Å². The standard InChI is InChI=1S/C20H37N5O3/c1-21-20(22-16-17-5-7-23(8-6-17)13-15-27-2)25-11-9-24(10-12-25)19(26)18-4-3-14-28-18/h17-18H,3-16H2,1-2H3,(H,21,22). The van der Waals surface area contributed by atoms with Crippen LogP contribution < -0.4 is 5.32 Å². The van der Waals surface area contributed by atoms with Gasteiger partial charge in [0.1, 0.15) is 6.10 Å². The lowest BCUT2D eigenvalue weighted by molar-refractivity contribution is -0.142. The van der Waals surface area contributed by atoms with Crippen molar-refractivity contribution in [3.63, 3.8) is 0 Å². The number of guanidine groups is 1. The van der Waals surface area contributed by atoms with Crippen LogP contribution in [0.1, 0.15) is 25.7 Å². The van der Waals surface area contributed by atoms with E-state index in [-0.39, 0.29) is 12.0 Å². The molecule has 0 aromatic rings. The van der Waals surface area contributed by atoms with Gasteiger partial charge >= 0.3 is 0 Å². The maximum Gasteiger partial charge on any atom is 0.251 e. The number of amides is 1. The maximum absolute atomic E-state index is 12.5. The van der Waals surface area contributed by atoms with Crippen LogP contribution in [0.3, 0.4) is 0 Å². The van der Waals surface area contributed by atoms with E-state index in [2.05, 4.69) is 20.1 Å². The lowest BCUT2D eigenvalue weighted by Gasteiger charge is -2.38. The summed E-state index contributed by atoms with van der Waals surface area (Å²) in [6, 6.07) is 0. The molecular weight excluding hydrogens is 358 g/mol. The molecule has 1 N–H and O–H groups in total. The van der Waals surface area contributed by atoms with E-state index in [0.29, 0.717) is 5.92 Å². The number of hydrogen-bond acceptors (Lipinski definition) is 5. The number of piperazine rings is 1. The molecule has 0 saturated carbocycles. The minimum atomic E-state index is -0.209. The Balaban J connectivity index is 1.36. The molecule has 0 spiro atoms. The van der Waals surface area contributed by atoms with Crippen molar-refractivity contribution in [3.05, 3.63) is 0 Å². The molecule has 3 fully saturated rings. The van der Waals surface area contributed by atoms with Crippen LogP contribution in [0, 0.1) is 5.92 Å². The number of rotatable bonds is 6. The summed E-state index contributed by atoms with van der Waals surface area (Å²) in [6.07, 6.45) is 4.10. The normalized spacial score (nSPS) is 25.4. The molecule has 0 aliphatic carbocycles. The first-order chi connectivity index (χ1) is 13.7. The third-order valence-corrected chi connectivity index (χ3v) is 6.18. The Morgan fingerprint density at radius 1 is 1.11 bits per heavy atom. The van der Waals surface area contributed by atoms with Crippen molar-refractivity contribution in [2.24, 2.45) is 10.9 Å². The lowest BCUT2D eigenvalue weighted by Crippen LogP contribution is -2.55. The molecule has 160 valence electrons. The second-order valence-electron chi connectivity index (χ2n) is 8.02. The fourth-order valence-electron chi connectivity index (χ4n) is 4.32. The zero-order chi connectivity index (χ0) is 19.8. The molecule has 28 heavy (non-hydrogen) atoms. The van der Waals surface area contributed by atoms with Crippen LogP contribution in [0.15, 0.2) is 4.99 Å². The number of methoxy groups -OCH3 is 1. The van der Waals surface area contributed by atoms with Crippen molar-refractivity contribution >= 4 is 11.9 Å². The molecule has 3 rings (SSSR count). The van der Waals surface area contributed by atoms with Crippen LogP contribution in [0.25, 0.3) is 0 Å². The van der Waals surface area contributed by atoms with Crippen molar-refractivity contribution in [3.8, 4) is 0 Å². The van der Waals surface area contributed by atoms with Gasteiger partial charge in [0.2, 0.25) is 0 Å². The Labute approximate surface area is 169 Å². The van der Waals surface area contributed by atoms with E-state index in [1.54, 1.807) is 7.11 Å². The van der Waals surface area contributed by atoms with Crippen LogP contribution in [0.2, 0.25) is 0 Å². The number of nitrogens with one attached hydrogen (secondary N) is 1. The predicted molar refractivity (Wildman–Crippen MR) is 110 cm³/mol. The van der Waals surface area contributed by atoms with Crippen LogP contribution >= 0.6 is 0 Å². The Morgan fingerprint density at radius 2 is 1.82 bits per heavy atom. The highest BCUT2D eigenvalue weighted by molar-refractivity contribution is 5.82. The number of hydrogen-bond donors (Lipinski definition) is 1. The average molecular weight is 396 g/mol. The van der Waals surface area contributed by atoms with E-state index < -0.39 is 0 Å². The summed E-state index contributed by atoms with van der Waals surface area (Å²) in [7, 11) is 3.61. The van der Waals surface area contributed by atoms with Crippen molar-refractivity contribution in [1.82, 2.24) is 20.0 Å². The molecule has 1 atom stereocenters. The Bertz CT molecular complexity index is 508. The summed E-state index contributed by atoms with van der Waals surface area (Å²) < 4.78 is 10.7. The Kier molecular flexibility index (Phi) is 8.36. The first kappa shape index (κ1) is 21.3. The minimum absolute atomic E-state index is 0.167. The summed E-state index contributed by atoms with van der Waals surface area (Å²) in [5.41, 5.74) is 0. The van der Waals surface area contributed by atoms with Gasteiger partial charge in [0.15, 0.2) is 5.96 Å². The van der Waals surface area contributed by atoms with Crippen LogP contribution in [-0.2, 0) is 14.3 Å². The van der Waals surface area contributed by atoms with Gasteiger partial charge in [-0.05, 0) is 44.7 Å². The summed E-state index contributed by atoms with van der Waals surface area (Å²) in [4.78, 5) is 23.7. The molecule has 0 radical (unpaired) electrons. The number of likely N-dealkylation sites (tertiary alicyclic amines) is 1. The van der Waals surface area contributed by atoms with Gasteiger partial charge < -0.3 is 29.5 Å². The van der Waals surface area contributed by atoms with Crippen molar-refractivity contribution in [2.45, 2.75) is 31.8 Å². The summed E-state index contributed by atoms with van der Waals surface area (Å²) in [6.45, 7) is 8.99. The highest BCUT2D eigenvalue weighted by atomic mass is 16.5. The van der Waals surface area contributed by atoms with Crippen LogP contribution in [0.5, 0.6) is 0 Å².